The summed E-state index contributed by atoms with van der Waals surface area (Å²) in [6.07, 6.45) is 1.02. The summed E-state index contributed by atoms with van der Waals surface area (Å²) in [5, 5.41) is 11.3. The van der Waals surface area contributed by atoms with Crippen LogP contribution < -0.4 is 15.3 Å². The van der Waals surface area contributed by atoms with Crippen molar-refractivity contribution in [2.45, 2.75) is 51.2 Å². The molecule has 6 rings (SSSR count). The zero-order chi connectivity index (χ0) is 30.8. The fraction of sp³-hybridized carbons (Fsp3) is 0.452. The molecule has 1 N–H and O–H groups in total. The van der Waals surface area contributed by atoms with Crippen LogP contribution in [0, 0.1) is 12.7 Å². The van der Waals surface area contributed by atoms with Gasteiger partial charge in [0.2, 0.25) is 5.91 Å². The predicted molar refractivity (Wildman–Crippen MR) is 157 cm³/mol. The number of ether oxygens (including phenoxy) is 1. The molecule has 3 atom stereocenters. The number of aromatic nitrogens is 2. The van der Waals surface area contributed by atoms with E-state index in [9.17, 15) is 23.5 Å². The molecule has 3 aromatic rings. The molecule has 0 radical (unpaired) electrons. The van der Waals surface area contributed by atoms with E-state index in [2.05, 4.69) is 11.6 Å². The lowest BCUT2D eigenvalue weighted by atomic mass is 9.94. The number of aromatic hydroxyl groups is 1. The average Bonchev–Trinajstić information content (AvgIpc) is 3.30. The van der Waals surface area contributed by atoms with Crippen molar-refractivity contribution in [2.24, 2.45) is 0 Å². The molecule has 0 bridgehead atoms. The molecule has 0 aliphatic carbocycles. The number of aryl methyl sites for hydroxylation is 1. The number of nitrogens with zero attached hydrogens (tertiary/aromatic N) is 5. The van der Waals surface area contributed by atoms with Gasteiger partial charge in [-0.25, -0.2) is 18.0 Å². The molecule has 1 amide bonds. The number of carbonyl (C=O) groups is 1. The van der Waals surface area contributed by atoms with Gasteiger partial charge >= 0.3 is 5.69 Å². The Bertz CT molecular complexity index is 1670. The van der Waals surface area contributed by atoms with E-state index >= 15 is 4.39 Å². The fourth-order valence-electron chi connectivity index (χ4n) is 6.75. The van der Waals surface area contributed by atoms with E-state index in [-0.39, 0.29) is 61.2 Å². The van der Waals surface area contributed by atoms with Crippen molar-refractivity contribution in [3.8, 4) is 22.6 Å². The van der Waals surface area contributed by atoms with Crippen molar-refractivity contribution in [3.05, 3.63) is 58.8 Å². The number of likely N-dealkylation sites (tertiary alicyclic amines) is 1. The highest BCUT2D eigenvalue weighted by atomic mass is 19.3. The number of rotatable bonds is 5. The maximum atomic E-state index is 15.2. The molecule has 0 spiro atoms. The molecule has 9 nitrogen and oxygen atoms in total. The molecule has 4 heterocycles. The molecular formula is C31H34F3N5O4. The molecule has 2 fully saturated rings. The van der Waals surface area contributed by atoms with Gasteiger partial charge in [-0.15, -0.1) is 0 Å². The third-order valence-corrected chi connectivity index (χ3v) is 8.80. The first-order valence-corrected chi connectivity index (χ1v) is 14.4. The van der Waals surface area contributed by atoms with Gasteiger partial charge in [-0.2, -0.15) is 4.98 Å². The number of alkyl halides is 2. The van der Waals surface area contributed by atoms with Crippen molar-refractivity contribution in [3.63, 3.8) is 0 Å². The highest BCUT2D eigenvalue weighted by molar-refractivity contribution is 6.01. The van der Waals surface area contributed by atoms with Crippen molar-refractivity contribution in [2.75, 3.05) is 44.2 Å². The summed E-state index contributed by atoms with van der Waals surface area (Å²) < 4.78 is 51.1. The highest BCUT2D eigenvalue weighted by Crippen LogP contribution is 2.47. The van der Waals surface area contributed by atoms with E-state index < -0.39 is 30.0 Å². The maximum absolute atomic E-state index is 15.2. The SMILES string of the molecule is C=CC(=O)N1C[C@H](C)N(c2nc(=O)n3c4c(c(-c5c(O)cccc5F)c(C)cc24)OC[C@H]3CN2CCC(F)(F)C2)C[C@H]1C. The summed E-state index contributed by atoms with van der Waals surface area (Å²) in [5.41, 5.74) is 0.632. The van der Waals surface area contributed by atoms with Crippen molar-refractivity contribution in [1.82, 2.24) is 19.4 Å². The standard InChI is InChI=1S/C31H34F3N5O4/c1-5-24(41)37-12-19(4)38(13-18(37)3)29-21-11-17(2)25(26-22(32)7-6-8-23(26)40)28-27(21)39(30(42)35-29)20(15-43-28)14-36-10-9-31(33,34)16-36/h5-8,11,18-20,40H,1,9-10,12-16H2,2-4H3/t18-,19+,20-/m1/s1. The molecule has 1 aromatic heterocycles. The van der Waals surface area contributed by atoms with Gasteiger partial charge in [0.15, 0.2) is 5.75 Å². The summed E-state index contributed by atoms with van der Waals surface area (Å²) >= 11 is 0. The molecule has 12 heteroatoms. The molecular weight excluding hydrogens is 563 g/mol. The van der Waals surface area contributed by atoms with Crippen LogP contribution >= 0.6 is 0 Å². The predicted octanol–water partition coefficient (Wildman–Crippen LogP) is 4.10. The van der Waals surface area contributed by atoms with Gasteiger partial charge in [0.05, 0.1) is 23.7 Å². The van der Waals surface area contributed by atoms with Crippen LogP contribution in [0.25, 0.3) is 22.0 Å². The van der Waals surface area contributed by atoms with Crippen LogP contribution in [0.3, 0.4) is 0 Å². The summed E-state index contributed by atoms with van der Waals surface area (Å²) in [6.45, 7) is 9.89. The van der Waals surface area contributed by atoms with E-state index in [0.29, 0.717) is 40.9 Å². The largest absolute Gasteiger partial charge is 0.507 e. The van der Waals surface area contributed by atoms with Gasteiger partial charge in [0.1, 0.15) is 24.0 Å². The van der Waals surface area contributed by atoms with Crippen LogP contribution in [0.2, 0.25) is 0 Å². The Morgan fingerprint density at radius 3 is 2.67 bits per heavy atom. The third kappa shape index (κ3) is 4.91. The molecule has 3 aliphatic heterocycles. The van der Waals surface area contributed by atoms with E-state index in [1.807, 2.05) is 18.7 Å². The van der Waals surface area contributed by atoms with Gasteiger partial charge in [-0.1, -0.05) is 12.6 Å². The van der Waals surface area contributed by atoms with E-state index in [1.165, 1.54) is 28.8 Å². The molecule has 0 saturated carbocycles. The van der Waals surface area contributed by atoms with Crippen molar-refractivity contribution in [1.29, 1.82) is 0 Å². The first-order valence-electron chi connectivity index (χ1n) is 14.4. The first-order chi connectivity index (χ1) is 20.4. The van der Waals surface area contributed by atoms with Crippen molar-refractivity contribution < 1.29 is 27.8 Å². The lowest BCUT2D eigenvalue weighted by molar-refractivity contribution is -0.128. The molecule has 3 aliphatic rings. The zero-order valence-corrected chi connectivity index (χ0v) is 24.3. The number of amides is 1. The van der Waals surface area contributed by atoms with Crippen LogP contribution in [-0.2, 0) is 4.79 Å². The Balaban J connectivity index is 1.55. The molecule has 2 saturated heterocycles. The summed E-state index contributed by atoms with van der Waals surface area (Å²) in [6, 6.07) is 4.78. The summed E-state index contributed by atoms with van der Waals surface area (Å²) in [4.78, 5) is 36.2. The number of phenols is 1. The number of benzene rings is 2. The monoisotopic (exact) mass is 597 g/mol. The Morgan fingerprint density at radius 2 is 2.00 bits per heavy atom. The Hall–Kier alpha value is -4.06. The van der Waals surface area contributed by atoms with Crippen LogP contribution in [0.5, 0.6) is 11.5 Å². The number of carbonyl (C=O) groups excluding carboxylic acids is 1. The number of piperazine rings is 1. The lowest BCUT2D eigenvalue weighted by Gasteiger charge is -2.45. The van der Waals surface area contributed by atoms with Crippen molar-refractivity contribution >= 4 is 22.6 Å². The highest BCUT2D eigenvalue weighted by Gasteiger charge is 2.41. The van der Waals surface area contributed by atoms with Gasteiger partial charge in [0.25, 0.3) is 5.92 Å². The van der Waals surface area contributed by atoms with E-state index in [1.54, 1.807) is 22.8 Å². The first kappa shape index (κ1) is 29.0. The Kier molecular flexibility index (Phi) is 7.15. The third-order valence-electron chi connectivity index (χ3n) is 8.80. The number of hydrogen-bond donors (Lipinski definition) is 1. The summed E-state index contributed by atoms with van der Waals surface area (Å²) in [5.74, 6) is -3.30. The second-order valence-electron chi connectivity index (χ2n) is 11.9. The molecule has 0 unspecified atom stereocenters. The molecule has 228 valence electrons. The minimum atomic E-state index is -2.80. The smallest absolute Gasteiger partial charge is 0.350 e. The van der Waals surface area contributed by atoms with E-state index in [0.717, 1.165) is 0 Å². The second-order valence-corrected chi connectivity index (χ2v) is 11.9. The van der Waals surface area contributed by atoms with Crippen LogP contribution in [0.1, 0.15) is 31.9 Å². The second kappa shape index (κ2) is 10.6. The topological polar surface area (TPSA) is 91.1 Å². The number of phenolic OH excluding ortho intramolecular Hbond substituents is 1. The average molecular weight is 598 g/mol. The zero-order valence-electron chi connectivity index (χ0n) is 24.3. The minimum Gasteiger partial charge on any atom is -0.507 e. The number of anilines is 1. The van der Waals surface area contributed by atoms with Gasteiger partial charge in [0, 0.05) is 55.6 Å². The number of hydrogen-bond acceptors (Lipinski definition) is 7. The molecule has 43 heavy (non-hydrogen) atoms. The van der Waals surface area contributed by atoms with Gasteiger partial charge in [-0.3, -0.25) is 14.3 Å². The summed E-state index contributed by atoms with van der Waals surface area (Å²) in [7, 11) is 0. The lowest BCUT2D eigenvalue weighted by Crippen LogP contribution is -2.58. The fourth-order valence-corrected chi connectivity index (χ4v) is 6.75. The van der Waals surface area contributed by atoms with Crippen LogP contribution in [0.15, 0.2) is 41.7 Å². The molecule has 2 aromatic carbocycles. The van der Waals surface area contributed by atoms with Gasteiger partial charge in [-0.05, 0) is 50.6 Å². The number of halogens is 3. The minimum absolute atomic E-state index is 0.0213. The maximum Gasteiger partial charge on any atom is 0.350 e. The van der Waals surface area contributed by atoms with E-state index in [4.69, 9.17) is 4.74 Å². The Labute approximate surface area is 246 Å². The van der Waals surface area contributed by atoms with Crippen LogP contribution in [0.4, 0.5) is 19.0 Å². The normalized spacial score (nSPS) is 23.4. The van der Waals surface area contributed by atoms with Crippen LogP contribution in [-0.4, -0.2) is 87.7 Å². The quantitative estimate of drug-likeness (QED) is 0.443. The Morgan fingerprint density at radius 1 is 1.23 bits per heavy atom. The van der Waals surface area contributed by atoms with Gasteiger partial charge < -0.3 is 19.6 Å².